The number of carbonyl (C=O) groups excluding carboxylic acids is 2. The summed E-state index contributed by atoms with van der Waals surface area (Å²) in [4.78, 5) is 31.5. The minimum Gasteiger partial charge on any atom is -0.370 e. The van der Waals surface area contributed by atoms with Crippen LogP contribution in [0.5, 0.6) is 0 Å². The molecule has 1 aliphatic heterocycles. The van der Waals surface area contributed by atoms with Crippen molar-refractivity contribution in [3.05, 3.63) is 36.0 Å². The second-order valence-corrected chi connectivity index (χ2v) is 10.3. The van der Waals surface area contributed by atoms with Crippen molar-refractivity contribution in [2.24, 2.45) is 11.7 Å². The first-order chi connectivity index (χ1) is 17.5. The second-order valence-electron chi connectivity index (χ2n) is 10.3. The summed E-state index contributed by atoms with van der Waals surface area (Å²) in [6.45, 7) is 2.61. The third-order valence-electron chi connectivity index (χ3n) is 7.55. The van der Waals surface area contributed by atoms with Crippen LogP contribution in [0.1, 0.15) is 56.9 Å². The third kappa shape index (κ3) is 7.22. The van der Waals surface area contributed by atoms with Crippen LogP contribution in [-0.2, 0) is 16.0 Å². The molecule has 2 fully saturated rings. The Balaban J connectivity index is 1.33. The van der Waals surface area contributed by atoms with Crippen LogP contribution >= 0.6 is 0 Å². The molecule has 9 heteroatoms. The SMILES string of the molecule is N=C(N)NCCC[C@H]1N[C@@H](CNC(=O)Cc2c[nH]c3ccccc23)CCN(CC2CCCCC2)C1=O. The second kappa shape index (κ2) is 12.8. The van der Waals surface area contributed by atoms with Crippen molar-refractivity contribution in [2.45, 2.75) is 69.9 Å². The van der Waals surface area contributed by atoms with Gasteiger partial charge in [-0.25, -0.2) is 0 Å². The minimum absolute atomic E-state index is 0.0154. The van der Waals surface area contributed by atoms with Crippen LogP contribution in [0.2, 0.25) is 0 Å². The van der Waals surface area contributed by atoms with Crippen LogP contribution < -0.4 is 21.7 Å². The van der Waals surface area contributed by atoms with Gasteiger partial charge in [0.05, 0.1) is 12.5 Å². The van der Waals surface area contributed by atoms with E-state index in [1.807, 2.05) is 30.5 Å². The molecule has 36 heavy (non-hydrogen) atoms. The number of rotatable bonds is 10. The zero-order valence-corrected chi connectivity index (χ0v) is 21.2. The molecule has 2 heterocycles. The van der Waals surface area contributed by atoms with Crippen molar-refractivity contribution in [1.29, 1.82) is 5.41 Å². The number of nitrogens with zero attached hydrogens (tertiary/aromatic N) is 1. The first-order valence-electron chi connectivity index (χ1n) is 13.4. The van der Waals surface area contributed by atoms with Gasteiger partial charge in [-0.3, -0.25) is 15.0 Å². The molecule has 2 atom stereocenters. The molecule has 0 spiro atoms. The van der Waals surface area contributed by atoms with Crippen LogP contribution in [0, 0.1) is 11.3 Å². The molecule has 4 rings (SSSR count). The Morgan fingerprint density at radius 3 is 2.75 bits per heavy atom. The highest BCUT2D eigenvalue weighted by molar-refractivity contribution is 5.88. The summed E-state index contributed by atoms with van der Waals surface area (Å²) in [6, 6.07) is 7.73. The molecule has 0 bridgehead atoms. The lowest BCUT2D eigenvalue weighted by Gasteiger charge is -2.30. The van der Waals surface area contributed by atoms with Gasteiger partial charge >= 0.3 is 0 Å². The fourth-order valence-corrected chi connectivity index (χ4v) is 5.59. The molecule has 196 valence electrons. The molecule has 7 N–H and O–H groups in total. The molecule has 9 nitrogen and oxygen atoms in total. The topological polar surface area (TPSA) is 139 Å². The van der Waals surface area contributed by atoms with E-state index < -0.39 is 0 Å². The third-order valence-corrected chi connectivity index (χ3v) is 7.55. The molecule has 2 aromatic rings. The highest BCUT2D eigenvalue weighted by Gasteiger charge is 2.32. The van der Waals surface area contributed by atoms with Crippen LogP contribution in [-0.4, -0.2) is 65.9 Å². The molecular weight excluding hydrogens is 454 g/mol. The van der Waals surface area contributed by atoms with E-state index in [2.05, 4.69) is 25.8 Å². The average molecular weight is 496 g/mol. The molecular formula is C27H41N7O2. The van der Waals surface area contributed by atoms with E-state index in [-0.39, 0.29) is 29.9 Å². The number of nitrogens with one attached hydrogen (secondary N) is 5. The average Bonchev–Trinajstić information content (AvgIpc) is 3.22. The van der Waals surface area contributed by atoms with Crippen molar-refractivity contribution in [3.8, 4) is 0 Å². The first-order valence-corrected chi connectivity index (χ1v) is 13.4. The number of hydrogen-bond acceptors (Lipinski definition) is 4. The number of benzene rings is 1. The molecule has 1 saturated heterocycles. The molecule has 0 unspecified atom stereocenters. The molecule has 2 amide bonds. The van der Waals surface area contributed by atoms with Gasteiger partial charge in [-0.2, -0.15) is 0 Å². The number of guanidine groups is 1. The Hall–Kier alpha value is -3.07. The lowest BCUT2D eigenvalue weighted by atomic mass is 9.89. The summed E-state index contributed by atoms with van der Waals surface area (Å²) >= 11 is 0. The van der Waals surface area contributed by atoms with Crippen LogP contribution in [0.4, 0.5) is 0 Å². The Bertz CT molecular complexity index is 1030. The van der Waals surface area contributed by atoms with Crippen LogP contribution in [0.15, 0.2) is 30.5 Å². The van der Waals surface area contributed by atoms with Crippen LogP contribution in [0.3, 0.4) is 0 Å². The number of nitrogens with two attached hydrogens (primary N) is 1. The van der Waals surface area contributed by atoms with E-state index >= 15 is 0 Å². The largest absolute Gasteiger partial charge is 0.370 e. The highest BCUT2D eigenvalue weighted by atomic mass is 16.2. The van der Waals surface area contributed by atoms with Gasteiger partial charge in [0.25, 0.3) is 0 Å². The zero-order chi connectivity index (χ0) is 25.3. The molecule has 1 saturated carbocycles. The van der Waals surface area contributed by atoms with Gasteiger partial charge in [-0.15, -0.1) is 0 Å². The van der Waals surface area contributed by atoms with Gasteiger partial charge in [-0.1, -0.05) is 37.5 Å². The number of carbonyl (C=O) groups is 2. The quantitative estimate of drug-likeness (QED) is 0.170. The molecule has 2 aliphatic rings. The summed E-state index contributed by atoms with van der Waals surface area (Å²) in [7, 11) is 0. The van der Waals surface area contributed by atoms with Crippen molar-refractivity contribution in [1.82, 2.24) is 25.8 Å². The Labute approximate surface area is 213 Å². The smallest absolute Gasteiger partial charge is 0.239 e. The summed E-state index contributed by atoms with van der Waals surface area (Å²) in [5.41, 5.74) is 7.42. The maximum absolute atomic E-state index is 13.5. The Morgan fingerprint density at radius 2 is 1.94 bits per heavy atom. The highest BCUT2D eigenvalue weighted by Crippen LogP contribution is 2.25. The van der Waals surface area contributed by atoms with E-state index in [1.54, 1.807) is 0 Å². The van der Waals surface area contributed by atoms with E-state index in [4.69, 9.17) is 11.1 Å². The standard InChI is InChI=1S/C27H41N7O2/c28-27(29)30-13-6-11-24-26(36)34(18-19-7-2-1-3-8-19)14-12-21(33-24)17-32-25(35)15-20-16-31-23-10-5-4-9-22(20)23/h4-5,9-10,16,19,21,24,31,33H,1-3,6-8,11-15,17-18H2,(H,32,35)(H4,28,29,30)/t21-,24-/m1/s1. The summed E-state index contributed by atoms with van der Waals surface area (Å²) in [5, 5.41) is 17.9. The number of hydrogen-bond donors (Lipinski definition) is 6. The lowest BCUT2D eigenvalue weighted by molar-refractivity contribution is -0.133. The van der Waals surface area contributed by atoms with E-state index in [0.717, 1.165) is 35.9 Å². The summed E-state index contributed by atoms with van der Waals surface area (Å²) < 4.78 is 0. The van der Waals surface area contributed by atoms with Crippen molar-refractivity contribution < 1.29 is 9.59 Å². The molecule has 1 aliphatic carbocycles. The maximum Gasteiger partial charge on any atom is 0.239 e. The lowest BCUT2D eigenvalue weighted by Crippen LogP contribution is -2.49. The number of H-pyrrole nitrogens is 1. The van der Waals surface area contributed by atoms with Crippen molar-refractivity contribution in [2.75, 3.05) is 26.2 Å². The van der Waals surface area contributed by atoms with E-state index in [0.29, 0.717) is 38.4 Å². The number of aromatic nitrogens is 1. The minimum atomic E-state index is -0.291. The maximum atomic E-state index is 13.5. The van der Waals surface area contributed by atoms with Crippen LogP contribution in [0.25, 0.3) is 10.9 Å². The van der Waals surface area contributed by atoms with Gasteiger partial charge in [0.15, 0.2) is 5.96 Å². The zero-order valence-electron chi connectivity index (χ0n) is 21.2. The van der Waals surface area contributed by atoms with Crippen molar-refractivity contribution in [3.63, 3.8) is 0 Å². The van der Waals surface area contributed by atoms with Gasteiger partial charge in [0.1, 0.15) is 0 Å². The number of fused-ring (bicyclic) bond motifs is 1. The predicted octanol–water partition coefficient (Wildman–Crippen LogP) is 2.23. The molecule has 0 radical (unpaired) electrons. The number of amides is 2. The molecule has 1 aromatic heterocycles. The fourth-order valence-electron chi connectivity index (χ4n) is 5.59. The van der Waals surface area contributed by atoms with Gasteiger partial charge in [-0.05, 0) is 49.7 Å². The Morgan fingerprint density at radius 1 is 1.14 bits per heavy atom. The van der Waals surface area contributed by atoms with E-state index in [9.17, 15) is 9.59 Å². The number of para-hydroxylation sites is 1. The predicted molar refractivity (Wildman–Crippen MR) is 143 cm³/mol. The molecule has 1 aromatic carbocycles. The van der Waals surface area contributed by atoms with E-state index in [1.165, 1.54) is 32.1 Å². The normalized spacial score (nSPS) is 21.3. The Kier molecular flexibility index (Phi) is 9.22. The van der Waals surface area contributed by atoms with Crippen molar-refractivity contribution >= 4 is 28.7 Å². The van der Waals surface area contributed by atoms with Gasteiger partial charge < -0.3 is 31.6 Å². The summed E-state index contributed by atoms with van der Waals surface area (Å²) in [5.74, 6) is 0.689. The monoisotopic (exact) mass is 495 g/mol. The van der Waals surface area contributed by atoms with Gasteiger partial charge in [0, 0.05) is 49.3 Å². The summed E-state index contributed by atoms with van der Waals surface area (Å²) in [6.07, 6.45) is 10.7. The number of aromatic amines is 1. The fraction of sp³-hybridized carbons (Fsp3) is 0.593. The van der Waals surface area contributed by atoms with Gasteiger partial charge in [0.2, 0.25) is 11.8 Å². The first kappa shape index (κ1) is 26.0.